The van der Waals surface area contributed by atoms with Crippen LogP contribution in [0.2, 0.25) is 0 Å². The summed E-state index contributed by atoms with van der Waals surface area (Å²) in [6.07, 6.45) is 3.90. The summed E-state index contributed by atoms with van der Waals surface area (Å²) in [7, 11) is -3.61. The second kappa shape index (κ2) is 5.75. The molecule has 0 radical (unpaired) electrons. The Labute approximate surface area is 144 Å². The lowest BCUT2D eigenvalue weighted by Gasteiger charge is -2.08. The van der Waals surface area contributed by atoms with Crippen LogP contribution in [-0.4, -0.2) is 13.4 Å². The summed E-state index contributed by atoms with van der Waals surface area (Å²) in [6.45, 7) is 1.87. The van der Waals surface area contributed by atoms with Gasteiger partial charge < -0.3 is 4.42 Å². The van der Waals surface area contributed by atoms with E-state index in [2.05, 4.69) is 9.71 Å². The highest BCUT2D eigenvalue weighted by atomic mass is 32.2. The molecule has 2 heterocycles. The molecule has 2 aromatic heterocycles. The summed E-state index contributed by atoms with van der Waals surface area (Å²) >= 11 is 1.18. The molecule has 0 bridgehead atoms. The summed E-state index contributed by atoms with van der Waals surface area (Å²) in [6, 6.07) is 10.6. The number of benzene rings is 1. The van der Waals surface area contributed by atoms with Gasteiger partial charge in [-0.3, -0.25) is 4.72 Å². The van der Waals surface area contributed by atoms with E-state index >= 15 is 0 Å². The molecule has 0 amide bonds. The predicted molar refractivity (Wildman–Crippen MR) is 93.8 cm³/mol. The number of nitrogens with one attached hydrogen (secondary N) is 1. The van der Waals surface area contributed by atoms with E-state index in [9.17, 15) is 8.42 Å². The van der Waals surface area contributed by atoms with Crippen LogP contribution in [0.25, 0.3) is 10.6 Å². The van der Waals surface area contributed by atoms with Crippen LogP contribution < -0.4 is 4.72 Å². The third kappa shape index (κ3) is 2.97. The number of aryl methyl sites for hydroxylation is 1. The van der Waals surface area contributed by atoms with E-state index in [4.69, 9.17) is 4.42 Å². The fourth-order valence-corrected chi connectivity index (χ4v) is 4.78. The van der Waals surface area contributed by atoms with Crippen LogP contribution in [0.3, 0.4) is 0 Å². The normalized spacial score (nSPS) is 14.7. The molecule has 0 atom stereocenters. The summed E-state index contributed by atoms with van der Waals surface area (Å²) in [5.74, 6) is 1.81. The zero-order valence-corrected chi connectivity index (χ0v) is 14.7. The van der Waals surface area contributed by atoms with E-state index in [1.54, 1.807) is 30.5 Å². The van der Waals surface area contributed by atoms with Crippen molar-refractivity contribution >= 4 is 27.0 Å². The Bertz CT molecular complexity index is 985. The first-order valence-corrected chi connectivity index (χ1v) is 9.97. The molecule has 3 aromatic rings. The molecular weight excluding hydrogens is 344 g/mol. The Morgan fingerprint density at radius 1 is 1.21 bits per heavy atom. The van der Waals surface area contributed by atoms with Crippen molar-refractivity contribution in [1.82, 2.24) is 4.98 Å². The summed E-state index contributed by atoms with van der Waals surface area (Å²) < 4.78 is 33.8. The number of sulfonamides is 1. The maximum Gasteiger partial charge on any atom is 0.271 e. The van der Waals surface area contributed by atoms with Gasteiger partial charge in [-0.1, -0.05) is 18.2 Å². The molecule has 5 nitrogen and oxygen atoms in total. The van der Waals surface area contributed by atoms with Crippen LogP contribution in [0.15, 0.2) is 51.2 Å². The molecule has 7 heteroatoms. The Kier molecular flexibility index (Phi) is 3.69. The van der Waals surface area contributed by atoms with Crippen molar-refractivity contribution in [2.24, 2.45) is 0 Å². The predicted octanol–water partition coefficient (Wildman–Crippen LogP) is 4.39. The zero-order chi connectivity index (χ0) is 16.7. The lowest BCUT2D eigenvalue weighted by molar-refractivity contribution is 0.510. The molecule has 1 aliphatic carbocycles. The Hall–Kier alpha value is -2.12. The zero-order valence-electron chi connectivity index (χ0n) is 13.0. The average molecular weight is 360 g/mol. The number of hydrogen-bond acceptors (Lipinski definition) is 5. The molecule has 0 unspecified atom stereocenters. The largest absolute Gasteiger partial charge is 0.440 e. The molecular formula is C17H16N2O3S2. The first-order valence-electron chi connectivity index (χ1n) is 7.67. The third-order valence-corrected chi connectivity index (χ3v) is 6.89. The smallest absolute Gasteiger partial charge is 0.271 e. The molecule has 0 saturated heterocycles. The topological polar surface area (TPSA) is 72.2 Å². The minimum Gasteiger partial charge on any atom is -0.440 e. The Morgan fingerprint density at radius 2 is 2.00 bits per heavy atom. The summed E-state index contributed by atoms with van der Waals surface area (Å²) in [5, 5.41) is 0. The molecule has 4 rings (SSSR count). The number of anilines is 1. The maximum absolute atomic E-state index is 12.6. The molecule has 1 fully saturated rings. The van der Waals surface area contributed by atoms with Gasteiger partial charge in [-0.25, -0.2) is 13.4 Å². The second-order valence-electron chi connectivity index (χ2n) is 5.88. The summed E-state index contributed by atoms with van der Waals surface area (Å²) in [4.78, 5) is 5.04. The van der Waals surface area contributed by atoms with Crippen LogP contribution in [0.5, 0.6) is 0 Å². The molecule has 0 spiro atoms. The van der Waals surface area contributed by atoms with Crippen LogP contribution in [0.4, 0.5) is 5.69 Å². The summed E-state index contributed by atoms with van der Waals surface area (Å²) in [5.41, 5.74) is 1.46. The maximum atomic E-state index is 12.6. The number of thiophene rings is 1. The number of rotatable bonds is 5. The molecule has 1 aliphatic rings. The Morgan fingerprint density at radius 3 is 2.75 bits per heavy atom. The standard InChI is InChI=1S/C17H16N2O3S2/c1-11-4-2-3-5-13(11)19-24(20,21)16-9-8-15(23-16)14-10-18-17(22-14)12-6-7-12/h2-5,8-10,12,19H,6-7H2,1H3. The van der Waals surface area contributed by atoms with Gasteiger partial charge in [-0.2, -0.15) is 0 Å². The van der Waals surface area contributed by atoms with Crippen molar-refractivity contribution < 1.29 is 12.8 Å². The second-order valence-corrected chi connectivity index (χ2v) is 8.87. The van der Waals surface area contributed by atoms with E-state index in [-0.39, 0.29) is 4.21 Å². The Balaban J connectivity index is 1.59. The van der Waals surface area contributed by atoms with Gasteiger partial charge in [0.15, 0.2) is 11.7 Å². The number of para-hydroxylation sites is 1. The SMILES string of the molecule is Cc1ccccc1NS(=O)(=O)c1ccc(-c2cnc(C3CC3)o2)s1. The van der Waals surface area contributed by atoms with Gasteiger partial charge >= 0.3 is 0 Å². The first-order chi connectivity index (χ1) is 11.5. The lowest BCUT2D eigenvalue weighted by atomic mass is 10.2. The van der Waals surface area contributed by atoms with Gasteiger partial charge in [0.05, 0.1) is 16.8 Å². The minimum absolute atomic E-state index is 0.255. The van der Waals surface area contributed by atoms with Crippen molar-refractivity contribution in [2.75, 3.05) is 4.72 Å². The highest BCUT2D eigenvalue weighted by Gasteiger charge is 2.29. The molecule has 0 aliphatic heterocycles. The van der Waals surface area contributed by atoms with Gasteiger partial charge in [0.25, 0.3) is 10.0 Å². The van der Waals surface area contributed by atoms with Crippen molar-refractivity contribution in [1.29, 1.82) is 0 Å². The van der Waals surface area contributed by atoms with Gasteiger partial charge in [0, 0.05) is 5.92 Å². The molecule has 124 valence electrons. The fourth-order valence-electron chi connectivity index (χ4n) is 2.40. The number of aromatic nitrogens is 1. The van der Waals surface area contributed by atoms with Gasteiger partial charge in [-0.15, -0.1) is 11.3 Å². The van der Waals surface area contributed by atoms with E-state index in [0.717, 1.165) is 29.2 Å². The quantitative estimate of drug-likeness (QED) is 0.732. The van der Waals surface area contributed by atoms with Crippen molar-refractivity contribution in [3.63, 3.8) is 0 Å². The molecule has 24 heavy (non-hydrogen) atoms. The average Bonchev–Trinajstić information content (AvgIpc) is 3.09. The van der Waals surface area contributed by atoms with Crippen LogP contribution in [0.1, 0.15) is 30.2 Å². The lowest BCUT2D eigenvalue weighted by Crippen LogP contribution is -2.12. The fraction of sp³-hybridized carbons (Fsp3) is 0.235. The third-order valence-electron chi connectivity index (χ3n) is 3.93. The van der Waals surface area contributed by atoms with E-state index < -0.39 is 10.0 Å². The van der Waals surface area contributed by atoms with Gasteiger partial charge in [0.1, 0.15) is 4.21 Å². The minimum atomic E-state index is -3.61. The first kappa shape index (κ1) is 15.4. The molecule has 1 saturated carbocycles. The van der Waals surface area contributed by atoms with Crippen LogP contribution >= 0.6 is 11.3 Å². The monoisotopic (exact) mass is 360 g/mol. The van der Waals surface area contributed by atoms with Crippen LogP contribution in [0, 0.1) is 6.92 Å². The van der Waals surface area contributed by atoms with Crippen molar-refractivity contribution in [3.05, 3.63) is 54.0 Å². The van der Waals surface area contributed by atoms with Crippen molar-refractivity contribution in [2.45, 2.75) is 29.9 Å². The molecule has 1 N–H and O–H groups in total. The number of hydrogen-bond donors (Lipinski definition) is 1. The number of nitrogens with zero attached hydrogens (tertiary/aromatic N) is 1. The highest BCUT2D eigenvalue weighted by molar-refractivity contribution is 7.94. The van der Waals surface area contributed by atoms with Gasteiger partial charge in [-0.05, 0) is 43.5 Å². The number of oxazole rings is 1. The molecule has 1 aromatic carbocycles. The van der Waals surface area contributed by atoms with E-state index in [1.807, 2.05) is 19.1 Å². The van der Waals surface area contributed by atoms with E-state index in [1.165, 1.54) is 11.3 Å². The highest BCUT2D eigenvalue weighted by Crippen LogP contribution is 2.41. The van der Waals surface area contributed by atoms with E-state index in [0.29, 0.717) is 17.4 Å². The van der Waals surface area contributed by atoms with Crippen LogP contribution in [-0.2, 0) is 10.0 Å². The van der Waals surface area contributed by atoms with Gasteiger partial charge in [0.2, 0.25) is 0 Å². The van der Waals surface area contributed by atoms with Crippen molar-refractivity contribution in [3.8, 4) is 10.6 Å².